The molecule has 23 heavy (non-hydrogen) atoms. The van der Waals surface area contributed by atoms with Crippen LogP contribution in [0.3, 0.4) is 0 Å². The van der Waals surface area contributed by atoms with Crippen molar-refractivity contribution < 1.29 is 9.53 Å². The van der Waals surface area contributed by atoms with Crippen LogP contribution in [0.25, 0.3) is 0 Å². The molecule has 1 aromatic heterocycles. The highest BCUT2D eigenvalue weighted by molar-refractivity contribution is 5.90. The predicted molar refractivity (Wildman–Crippen MR) is 88.1 cm³/mol. The molecule has 1 fully saturated rings. The van der Waals surface area contributed by atoms with Crippen LogP contribution < -0.4 is 0 Å². The van der Waals surface area contributed by atoms with Gasteiger partial charge in [0.1, 0.15) is 0 Å². The molecule has 0 amide bonds. The van der Waals surface area contributed by atoms with Gasteiger partial charge in [-0.25, -0.2) is 9.78 Å². The third-order valence-corrected chi connectivity index (χ3v) is 4.73. The second-order valence-corrected chi connectivity index (χ2v) is 6.23. The maximum absolute atomic E-state index is 11.9. The summed E-state index contributed by atoms with van der Waals surface area (Å²) in [5.74, 6) is 0.355. The van der Waals surface area contributed by atoms with Crippen molar-refractivity contribution in [1.29, 1.82) is 0 Å². The Balaban J connectivity index is 1.75. The predicted octanol–water partition coefficient (Wildman–Crippen LogP) is 2.75. The number of carbonyl (C=O) groups is 1. The van der Waals surface area contributed by atoms with Crippen LogP contribution in [0.5, 0.6) is 0 Å². The number of aromatic nitrogens is 2. The maximum Gasteiger partial charge on any atom is 0.338 e. The molecule has 2 atom stereocenters. The minimum atomic E-state index is -0.267. The molecule has 5 heteroatoms. The highest BCUT2D eigenvalue weighted by atomic mass is 16.5. The Kier molecular flexibility index (Phi) is 4.76. The molecule has 0 radical (unpaired) electrons. The lowest BCUT2D eigenvalue weighted by Crippen LogP contribution is -2.40. The first kappa shape index (κ1) is 15.7. The molecular weight excluding hydrogens is 290 g/mol. The van der Waals surface area contributed by atoms with Crippen LogP contribution in [0.2, 0.25) is 0 Å². The van der Waals surface area contributed by atoms with Crippen LogP contribution >= 0.6 is 0 Å². The molecule has 0 spiro atoms. The lowest BCUT2D eigenvalue weighted by Gasteiger charge is -2.37. The third-order valence-electron chi connectivity index (χ3n) is 4.73. The minimum Gasteiger partial charge on any atom is -0.465 e. The minimum absolute atomic E-state index is 0.267. The van der Waals surface area contributed by atoms with E-state index in [1.54, 1.807) is 0 Å². The first-order valence-corrected chi connectivity index (χ1v) is 8.05. The zero-order valence-corrected chi connectivity index (χ0v) is 13.7. The Morgan fingerprint density at radius 2 is 2.22 bits per heavy atom. The number of hydrogen-bond donors (Lipinski definition) is 0. The van der Waals surface area contributed by atoms with E-state index < -0.39 is 0 Å². The zero-order chi connectivity index (χ0) is 16.2. The largest absolute Gasteiger partial charge is 0.465 e. The number of piperidine rings is 1. The summed E-state index contributed by atoms with van der Waals surface area (Å²) < 4.78 is 7.09. The monoisotopic (exact) mass is 313 g/mol. The van der Waals surface area contributed by atoms with Crippen LogP contribution in [0.1, 0.15) is 35.3 Å². The average molecular weight is 313 g/mol. The van der Waals surface area contributed by atoms with Crippen molar-refractivity contribution in [3.8, 4) is 0 Å². The Morgan fingerprint density at radius 1 is 1.39 bits per heavy atom. The molecule has 2 aromatic rings. The number of benzene rings is 1. The number of rotatable bonds is 4. The summed E-state index contributed by atoms with van der Waals surface area (Å²) in [6.45, 7) is 5.07. The van der Waals surface area contributed by atoms with Crippen molar-refractivity contribution >= 4 is 5.97 Å². The Morgan fingerprint density at radius 3 is 2.96 bits per heavy atom. The lowest BCUT2D eigenvalue weighted by molar-refractivity contribution is 0.0596. The van der Waals surface area contributed by atoms with Crippen molar-refractivity contribution in [2.75, 3.05) is 20.2 Å². The van der Waals surface area contributed by atoms with Gasteiger partial charge < -0.3 is 9.30 Å². The van der Waals surface area contributed by atoms with Gasteiger partial charge in [-0.3, -0.25) is 4.90 Å². The number of imidazole rings is 1. The topological polar surface area (TPSA) is 47.4 Å². The van der Waals surface area contributed by atoms with Crippen LogP contribution in [-0.2, 0) is 11.3 Å². The lowest BCUT2D eigenvalue weighted by atomic mass is 9.92. The quantitative estimate of drug-likeness (QED) is 0.814. The summed E-state index contributed by atoms with van der Waals surface area (Å²) in [5, 5.41) is 0. The van der Waals surface area contributed by atoms with Crippen LogP contribution in [0.15, 0.2) is 43.0 Å². The second kappa shape index (κ2) is 6.96. The van der Waals surface area contributed by atoms with Gasteiger partial charge in [0.2, 0.25) is 0 Å². The molecular formula is C18H23N3O2. The third kappa shape index (κ3) is 3.45. The average Bonchev–Trinajstić information content (AvgIpc) is 3.11. The molecule has 0 bridgehead atoms. The summed E-state index contributed by atoms with van der Waals surface area (Å²) in [5.41, 5.74) is 1.69. The molecule has 0 N–H and O–H groups in total. The number of ether oxygens (including phenoxy) is 1. The van der Waals surface area contributed by atoms with E-state index in [2.05, 4.69) is 21.4 Å². The molecule has 1 aliphatic rings. The van der Waals surface area contributed by atoms with Gasteiger partial charge in [-0.15, -0.1) is 0 Å². The summed E-state index contributed by atoms with van der Waals surface area (Å²) in [6, 6.07) is 8.12. The van der Waals surface area contributed by atoms with E-state index in [1.807, 2.05) is 43.0 Å². The number of esters is 1. The summed E-state index contributed by atoms with van der Waals surface area (Å²) >= 11 is 0. The number of likely N-dealkylation sites (tertiary alicyclic amines) is 1. The number of carbonyl (C=O) groups excluding carboxylic acids is 1. The molecule has 1 saturated heterocycles. The van der Waals surface area contributed by atoms with Gasteiger partial charge in [-0.05, 0) is 30.5 Å². The fraction of sp³-hybridized carbons (Fsp3) is 0.444. The Bertz CT molecular complexity index is 654. The van der Waals surface area contributed by atoms with E-state index in [1.165, 1.54) is 7.11 Å². The Labute approximate surface area is 136 Å². The van der Waals surface area contributed by atoms with Gasteiger partial charge >= 0.3 is 5.97 Å². The highest BCUT2D eigenvalue weighted by Gasteiger charge is 2.27. The second-order valence-electron chi connectivity index (χ2n) is 6.23. The molecule has 1 aromatic carbocycles. The number of hydrogen-bond acceptors (Lipinski definition) is 4. The smallest absolute Gasteiger partial charge is 0.338 e. The molecule has 0 aliphatic carbocycles. The molecule has 5 nitrogen and oxygen atoms in total. The first-order chi connectivity index (χ1) is 11.2. The van der Waals surface area contributed by atoms with Gasteiger partial charge in [0, 0.05) is 31.5 Å². The van der Waals surface area contributed by atoms with E-state index in [0.29, 0.717) is 17.5 Å². The van der Waals surface area contributed by atoms with Gasteiger partial charge in [-0.1, -0.05) is 25.1 Å². The number of methoxy groups -OCH3 is 1. The molecule has 3 rings (SSSR count). The molecule has 122 valence electrons. The van der Waals surface area contributed by atoms with Crippen molar-refractivity contribution in [2.45, 2.75) is 25.9 Å². The standard InChI is InChI=1S/C18H23N3O2/c1-14-7-9-20(12-17(14)21-10-8-19-13-21)11-15-5-3-4-6-16(15)18(22)23-2/h3-6,8,10,13-14,17H,7,9,11-12H2,1-2H3/t14-,17-/m1/s1. The van der Waals surface area contributed by atoms with Crippen LogP contribution in [0.4, 0.5) is 0 Å². The normalized spacial score (nSPS) is 22.0. The van der Waals surface area contributed by atoms with Gasteiger partial charge in [0.25, 0.3) is 0 Å². The van der Waals surface area contributed by atoms with Gasteiger partial charge in [-0.2, -0.15) is 0 Å². The van der Waals surface area contributed by atoms with Crippen molar-refractivity contribution in [1.82, 2.24) is 14.5 Å². The van der Waals surface area contributed by atoms with E-state index >= 15 is 0 Å². The first-order valence-electron chi connectivity index (χ1n) is 8.05. The SMILES string of the molecule is COC(=O)c1ccccc1CN1CC[C@@H](C)[C@H](n2ccnc2)C1. The van der Waals surface area contributed by atoms with Gasteiger partial charge in [0.15, 0.2) is 0 Å². The molecule has 0 unspecified atom stereocenters. The molecule has 0 saturated carbocycles. The maximum atomic E-state index is 11.9. The molecule has 2 heterocycles. The van der Waals surface area contributed by atoms with Crippen molar-refractivity contribution in [3.63, 3.8) is 0 Å². The van der Waals surface area contributed by atoms with E-state index in [4.69, 9.17) is 4.74 Å². The van der Waals surface area contributed by atoms with E-state index in [0.717, 1.165) is 31.6 Å². The highest BCUT2D eigenvalue weighted by Crippen LogP contribution is 2.28. The van der Waals surface area contributed by atoms with Crippen LogP contribution in [-0.4, -0.2) is 40.6 Å². The summed E-state index contributed by atoms with van der Waals surface area (Å²) in [7, 11) is 1.43. The summed E-state index contributed by atoms with van der Waals surface area (Å²) in [6.07, 6.45) is 6.90. The van der Waals surface area contributed by atoms with E-state index in [9.17, 15) is 4.79 Å². The summed E-state index contributed by atoms with van der Waals surface area (Å²) in [4.78, 5) is 18.5. The van der Waals surface area contributed by atoms with Crippen molar-refractivity contribution in [3.05, 3.63) is 54.1 Å². The van der Waals surface area contributed by atoms with Crippen LogP contribution in [0, 0.1) is 5.92 Å². The fourth-order valence-electron chi connectivity index (χ4n) is 3.32. The van der Waals surface area contributed by atoms with E-state index in [-0.39, 0.29) is 5.97 Å². The van der Waals surface area contributed by atoms with Gasteiger partial charge in [0.05, 0.1) is 19.0 Å². The number of nitrogens with zero attached hydrogens (tertiary/aromatic N) is 3. The zero-order valence-electron chi connectivity index (χ0n) is 13.7. The van der Waals surface area contributed by atoms with Crippen molar-refractivity contribution in [2.24, 2.45) is 5.92 Å². The Hall–Kier alpha value is -2.14. The molecule has 1 aliphatic heterocycles. The fourth-order valence-corrected chi connectivity index (χ4v) is 3.32.